The van der Waals surface area contributed by atoms with Crippen LogP contribution in [0.1, 0.15) is 55.4 Å². The summed E-state index contributed by atoms with van der Waals surface area (Å²) in [5, 5.41) is 12.7. The molecule has 2 aliphatic rings. The van der Waals surface area contributed by atoms with E-state index in [1.54, 1.807) is 48.5 Å². The van der Waals surface area contributed by atoms with Crippen LogP contribution in [0.4, 0.5) is 11.4 Å². The van der Waals surface area contributed by atoms with E-state index in [2.05, 4.69) is 21.3 Å². The van der Waals surface area contributed by atoms with Crippen LogP contribution in [0.3, 0.4) is 0 Å². The van der Waals surface area contributed by atoms with E-state index in [4.69, 9.17) is 90.8 Å². The molecule has 4 rings (SSSR count). The monoisotopic (exact) mass is 1110 g/mol. The van der Waals surface area contributed by atoms with Gasteiger partial charge >= 0.3 is 47.8 Å². The molecule has 2 aliphatic heterocycles. The first-order chi connectivity index (χ1) is 36.1. The molecule has 0 bridgehead atoms. The number of anilines is 2. The van der Waals surface area contributed by atoms with Crippen LogP contribution in [0.15, 0.2) is 48.5 Å². The van der Waals surface area contributed by atoms with Gasteiger partial charge in [-0.05, 0) is 73.0 Å². The van der Waals surface area contributed by atoms with E-state index >= 15 is 0 Å². The number of hydrogen-bond donors (Lipinski definition) is 4. The van der Waals surface area contributed by atoms with E-state index in [0.29, 0.717) is 61.1 Å². The Bertz CT molecular complexity index is 2170. The smallest absolute Gasteiger partial charge is 0.303 e. The molecule has 0 aromatic heterocycles. The van der Waals surface area contributed by atoms with E-state index in [9.17, 15) is 38.4 Å². The number of carbonyl (C=O) groups is 8. The van der Waals surface area contributed by atoms with E-state index in [0.717, 1.165) is 41.5 Å². The Morgan fingerprint density at radius 3 is 1.03 bits per heavy atom. The zero-order chi connectivity index (χ0) is 55.9. The number of benzene rings is 2. The number of rotatable bonds is 25. The number of carbonyl (C=O) groups excluding carboxylic acids is 8. The Labute approximate surface area is 447 Å². The molecule has 26 nitrogen and oxygen atoms in total. The second-order valence-electron chi connectivity index (χ2n) is 16.4. The van der Waals surface area contributed by atoms with Crippen molar-refractivity contribution in [2.24, 2.45) is 0 Å². The lowest BCUT2D eigenvalue weighted by molar-refractivity contribution is -0.288. The average molecular weight is 1110 g/mol. The number of nitrogens with one attached hydrogen (secondary N) is 4. The lowest BCUT2D eigenvalue weighted by atomic mass is 9.98. The fourth-order valence-electron chi connectivity index (χ4n) is 7.22. The Morgan fingerprint density at radius 1 is 0.421 bits per heavy atom. The minimum absolute atomic E-state index is 0.241. The summed E-state index contributed by atoms with van der Waals surface area (Å²) in [5.74, 6) is -5.40. The molecule has 76 heavy (non-hydrogen) atoms. The Kier molecular flexibility index (Phi) is 25.2. The summed E-state index contributed by atoms with van der Waals surface area (Å²) in [6.07, 6.45) is -13.4. The number of esters is 8. The van der Waals surface area contributed by atoms with E-state index < -0.39 is 122 Å². The van der Waals surface area contributed by atoms with Crippen LogP contribution in [-0.2, 0) is 95.2 Å². The van der Waals surface area contributed by atoms with E-state index in [1.165, 1.54) is 13.8 Å². The molecule has 0 unspecified atom stereocenters. The highest BCUT2D eigenvalue weighted by Gasteiger charge is 2.55. The zero-order valence-electron chi connectivity index (χ0n) is 42.8. The molecule has 0 radical (unpaired) electrons. The predicted octanol–water partition coefficient (Wildman–Crippen LogP) is 1.92. The van der Waals surface area contributed by atoms with Gasteiger partial charge in [-0.15, -0.1) is 0 Å². The van der Waals surface area contributed by atoms with Gasteiger partial charge in [0.05, 0.1) is 26.4 Å². The van der Waals surface area contributed by atoms with Crippen molar-refractivity contribution in [2.75, 3.05) is 63.4 Å². The summed E-state index contributed by atoms with van der Waals surface area (Å²) in [4.78, 5) is 95.8. The molecule has 0 amide bonds. The van der Waals surface area contributed by atoms with Gasteiger partial charge in [0.2, 0.25) is 24.8 Å². The van der Waals surface area contributed by atoms with Gasteiger partial charge in [0, 0.05) is 79.9 Å². The molecule has 2 saturated heterocycles. The maximum absolute atomic E-state index is 12.1. The Balaban J connectivity index is 1.16. The SMILES string of the molecule is CC(=O)OC[C@H]1O[C@H](Oc2ccc(NC(=S)NCCOCCOCCNC(=S)Nc3ccc(O[C@H]4O[C@H](COC(C)=O)[C@@H](OC(C)=O)[C@H](OC(C)=O)[C@@H]4OC(C)=O)cc3)cc2)[C@@H](OC(C)=O)[C@@H](OC(C)=O)[C@@H]1OC(C)=O. The first-order valence-corrected chi connectivity index (χ1v) is 24.3. The Hall–Kier alpha value is -6.98. The van der Waals surface area contributed by atoms with Crippen molar-refractivity contribution in [3.05, 3.63) is 48.5 Å². The number of hydrogen-bond acceptors (Lipinski definition) is 24. The fraction of sp³-hybridized carbons (Fsp3) is 0.542. The van der Waals surface area contributed by atoms with Gasteiger partial charge in [-0.2, -0.15) is 0 Å². The first-order valence-electron chi connectivity index (χ1n) is 23.5. The zero-order valence-corrected chi connectivity index (χ0v) is 44.5. The van der Waals surface area contributed by atoms with Crippen molar-refractivity contribution in [3.63, 3.8) is 0 Å². The van der Waals surface area contributed by atoms with Gasteiger partial charge in [0.1, 0.15) is 36.9 Å². The lowest BCUT2D eigenvalue weighted by Crippen LogP contribution is -2.63. The molecule has 4 N–H and O–H groups in total. The summed E-state index contributed by atoms with van der Waals surface area (Å²) in [5.41, 5.74) is 1.17. The van der Waals surface area contributed by atoms with Crippen molar-refractivity contribution >= 4 is 93.8 Å². The highest BCUT2D eigenvalue weighted by Crippen LogP contribution is 2.33. The van der Waals surface area contributed by atoms with Crippen molar-refractivity contribution in [3.8, 4) is 11.5 Å². The largest absolute Gasteiger partial charge is 0.463 e. The minimum atomic E-state index is -1.40. The summed E-state index contributed by atoms with van der Waals surface area (Å²) in [6.45, 7) is 10.3. The average Bonchev–Trinajstić information content (AvgIpc) is 3.32. The van der Waals surface area contributed by atoms with Crippen LogP contribution in [0.5, 0.6) is 11.5 Å². The summed E-state index contributed by atoms with van der Waals surface area (Å²) >= 11 is 10.8. The predicted molar refractivity (Wildman–Crippen MR) is 268 cm³/mol. The Morgan fingerprint density at radius 2 is 0.724 bits per heavy atom. The maximum Gasteiger partial charge on any atom is 0.303 e. The van der Waals surface area contributed by atoms with Gasteiger partial charge < -0.3 is 87.6 Å². The van der Waals surface area contributed by atoms with Crippen molar-refractivity contribution in [2.45, 2.75) is 117 Å². The normalized spacial score (nSPS) is 22.6. The van der Waals surface area contributed by atoms with Crippen LogP contribution in [-0.4, -0.2) is 172 Å². The first kappa shape index (κ1) is 61.6. The second-order valence-corrected chi connectivity index (χ2v) is 17.2. The molecular weight excluding hydrogens is 1050 g/mol. The fourth-order valence-corrected chi connectivity index (χ4v) is 7.65. The highest BCUT2D eigenvalue weighted by molar-refractivity contribution is 7.80. The quantitative estimate of drug-likeness (QED) is 0.0478. The van der Waals surface area contributed by atoms with Gasteiger partial charge in [-0.25, -0.2) is 0 Å². The van der Waals surface area contributed by atoms with Crippen LogP contribution >= 0.6 is 24.4 Å². The van der Waals surface area contributed by atoms with Crippen LogP contribution < -0.4 is 30.7 Å². The van der Waals surface area contributed by atoms with E-state index in [1.807, 2.05) is 0 Å². The molecule has 0 aliphatic carbocycles. The summed E-state index contributed by atoms with van der Waals surface area (Å²) < 4.78 is 78.1. The van der Waals surface area contributed by atoms with Crippen molar-refractivity contribution in [1.82, 2.24) is 10.6 Å². The molecule has 418 valence electrons. The van der Waals surface area contributed by atoms with Crippen LogP contribution in [0.25, 0.3) is 0 Å². The van der Waals surface area contributed by atoms with Gasteiger partial charge in [0.15, 0.2) is 34.6 Å². The topological polar surface area (TPSA) is 314 Å². The summed E-state index contributed by atoms with van der Waals surface area (Å²) in [6, 6.07) is 12.9. The van der Waals surface area contributed by atoms with Crippen LogP contribution in [0.2, 0.25) is 0 Å². The van der Waals surface area contributed by atoms with E-state index in [-0.39, 0.29) is 11.5 Å². The number of thiocarbonyl (C=S) groups is 2. The third-order valence-corrected chi connectivity index (χ3v) is 10.6. The maximum atomic E-state index is 12.1. The standard InChI is InChI=1S/C48H62N4O22S2/c1-25(53)63-23-37-39(65-27(3)55)41(67-29(5)57)43(69-31(7)59)45(73-37)71-35-13-9-33(10-14-35)51-47(75)49-17-19-61-21-22-62-20-18-50-48(76)52-34-11-15-36(16-12-34)72-46-44(70-32(8)60)42(68-30(6)58)40(66-28(4)56)38(74-46)24-64-26(2)54/h9-16,37-46H,17-24H2,1-8H3,(H2,49,51,75)(H2,50,52,76)/t37-,38-,39-,40-,41+,42+,43+,44+,45+,46+/m1/s1. The molecule has 2 fully saturated rings. The molecule has 2 aromatic carbocycles. The molecule has 0 saturated carbocycles. The van der Waals surface area contributed by atoms with Crippen molar-refractivity contribution < 1.29 is 105 Å². The summed E-state index contributed by atoms with van der Waals surface area (Å²) in [7, 11) is 0. The third kappa shape index (κ3) is 21.7. The second kappa shape index (κ2) is 31.2. The van der Waals surface area contributed by atoms with Gasteiger partial charge in [0.25, 0.3) is 0 Å². The minimum Gasteiger partial charge on any atom is -0.463 e. The number of ether oxygens (including phenoxy) is 14. The molecule has 0 spiro atoms. The van der Waals surface area contributed by atoms with Crippen molar-refractivity contribution in [1.29, 1.82) is 0 Å². The van der Waals surface area contributed by atoms with Crippen LogP contribution in [0, 0.1) is 0 Å². The molecule has 2 aromatic rings. The molecule has 10 atom stereocenters. The van der Waals surface area contributed by atoms with Gasteiger partial charge in [-0.1, -0.05) is 0 Å². The lowest BCUT2D eigenvalue weighted by Gasteiger charge is -2.43. The highest BCUT2D eigenvalue weighted by atomic mass is 32.1. The molecule has 2 heterocycles. The molecule has 28 heteroatoms. The third-order valence-electron chi connectivity index (χ3n) is 10.1. The molecular formula is C48H62N4O22S2. The van der Waals surface area contributed by atoms with Gasteiger partial charge in [-0.3, -0.25) is 38.4 Å².